The van der Waals surface area contributed by atoms with E-state index < -0.39 is 0 Å². The highest BCUT2D eigenvalue weighted by Gasteiger charge is 2.31. The zero-order valence-corrected chi connectivity index (χ0v) is 12.6. The van der Waals surface area contributed by atoms with Crippen LogP contribution < -0.4 is 5.32 Å². The van der Waals surface area contributed by atoms with Gasteiger partial charge in [0.1, 0.15) is 6.29 Å². The van der Waals surface area contributed by atoms with Crippen LogP contribution in [0.4, 0.5) is 0 Å². The molecular weight excluding hydrogens is 290 g/mol. The minimum absolute atomic E-state index is 0.146. The van der Waals surface area contributed by atoms with Gasteiger partial charge in [0.2, 0.25) is 6.41 Å². The van der Waals surface area contributed by atoms with Crippen molar-refractivity contribution in [3.8, 4) is 0 Å². The second kappa shape index (κ2) is 5.50. The second-order valence-corrected chi connectivity index (χ2v) is 5.99. The molecule has 3 aliphatic rings. The molecule has 1 aliphatic heterocycles. The lowest BCUT2D eigenvalue weighted by atomic mass is 9.85. The molecule has 0 spiro atoms. The van der Waals surface area contributed by atoms with Crippen molar-refractivity contribution in [2.24, 2.45) is 16.8 Å². The molecular formula is C18H17N3O2. The van der Waals surface area contributed by atoms with E-state index in [-0.39, 0.29) is 11.8 Å². The monoisotopic (exact) mass is 307 g/mol. The molecule has 2 unspecified atom stereocenters. The number of carbonyl (C=O) groups is 2. The van der Waals surface area contributed by atoms with Crippen molar-refractivity contribution < 1.29 is 9.59 Å². The number of aldehydes is 1. The van der Waals surface area contributed by atoms with E-state index in [0.717, 1.165) is 36.1 Å². The van der Waals surface area contributed by atoms with Crippen molar-refractivity contribution in [3.63, 3.8) is 0 Å². The third-order valence-electron chi connectivity index (χ3n) is 4.76. The fourth-order valence-corrected chi connectivity index (χ4v) is 3.64. The molecule has 1 amide bonds. The Morgan fingerprint density at radius 3 is 3.13 bits per heavy atom. The summed E-state index contributed by atoms with van der Waals surface area (Å²) in [6.07, 6.45) is 13.7. The Hall–Kier alpha value is -2.69. The van der Waals surface area contributed by atoms with Crippen molar-refractivity contribution in [2.75, 3.05) is 6.54 Å². The van der Waals surface area contributed by atoms with Crippen LogP contribution in [0.2, 0.25) is 0 Å². The summed E-state index contributed by atoms with van der Waals surface area (Å²) in [5.41, 5.74) is 5.50. The number of aromatic nitrogens is 1. The summed E-state index contributed by atoms with van der Waals surface area (Å²) >= 11 is 0. The molecule has 2 aliphatic carbocycles. The van der Waals surface area contributed by atoms with Gasteiger partial charge in [-0.05, 0) is 30.5 Å². The first-order valence-corrected chi connectivity index (χ1v) is 7.83. The number of amides is 1. The van der Waals surface area contributed by atoms with Gasteiger partial charge < -0.3 is 14.7 Å². The number of nitrogens with zero attached hydrogens (tertiary/aromatic N) is 2. The molecule has 5 heteroatoms. The third kappa shape index (κ3) is 2.11. The Balaban J connectivity index is 1.87. The fraction of sp³-hybridized carbons (Fsp3) is 0.278. The van der Waals surface area contributed by atoms with E-state index in [2.05, 4.69) is 28.2 Å². The number of hydrogen-bond donors (Lipinski definition) is 1. The van der Waals surface area contributed by atoms with Gasteiger partial charge in [0, 0.05) is 36.4 Å². The Morgan fingerprint density at radius 1 is 1.39 bits per heavy atom. The molecule has 0 aromatic carbocycles. The lowest BCUT2D eigenvalue weighted by Crippen LogP contribution is -2.31. The number of aryl methyl sites for hydroxylation is 1. The smallest absolute Gasteiger partial charge is 0.207 e. The van der Waals surface area contributed by atoms with Gasteiger partial charge in [-0.25, -0.2) is 0 Å². The first-order valence-electron chi connectivity index (χ1n) is 7.83. The highest BCUT2D eigenvalue weighted by molar-refractivity contribution is 6.12. The molecule has 1 aromatic rings. The van der Waals surface area contributed by atoms with Gasteiger partial charge in [0.15, 0.2) is 0 Å². The predicted octanol–water partition coefficient (Wildman–Crippen LogP) is 1.82. The molecule has 0 saturated carbocycles. The van der Waals surface area contributed by atoms with Crippen LogP contribution in [0.3, 0.4) is 0 Å². The van der Waals surface area contributed by atoms with Gasteiger partial charge in [-0.2, -0.15) is 0 Å². The van der Waals surface area contributed by atoms with Gasteiger partial charge in [-0.1, -0.05) is 12.2 Å². The van der Waals surface area contributed by atoms with E-state index in [4.69, 9.17) is 4.99 Å². The Kier molecular flexibility index (Phi) is 3.33. The highest BCUT2D eigenvalue weighted by atomic mass is 16.1. The number of rotatable bonds is 4. The van der Waals surface area contributed by atoms with Crippen LogP contribution in [0.5, 0.6) is 0 Å². The van der Waals surface area contributed by atoms with Crippen molar-refractivity contribution in [3.05, 3.63) is 47.4 Å². The summed E-state index contributed by atoms with van der Waals surface area (Å²) in [4.78, 5) is 26.8. The van der Waals surface area contributed by atoms with Gasteiger partial charge in [-0.15, -0.1) is 0 Å². The summed E-state index contributed by atoms with van der Waals surface area (Å²) in [5.74, 6) is -0.416. The molecule has 0 bridgehead atoms. The van der Waals surface area contributed by atoms with Gasteiger partial charge >= 0.3 is 0 Å². The molecule has 0 fully saturated rings. The number of fused-ring (bicyclic) bond motifs is 1. The summed E-state index contributed by atoms with van der Waals surface area (Å²) in [6, 6.07) is 2.16. The number of nitrogens with one attached hydrogen (secondary N) is 1. The zero-order chi connectivity index (χ0) is 15.8. The molecule has 2 atom stereocenters. The van der Waals surface area contributed by atoms with Crippen molar-refractivity contribution >= 4 is 30.2 Å². The topological polar surface area (TPSA) is 63.5 Å². The van der Waals surface area contributed by atoms with E-state index in [9.17, 15) is 9.59 Å². The normalized spacial score (nSPS) is 24.4. The predicted molar refractivity (Wildman–Crippen MR) is 88.7 cm³/mol. The first kappa shape index (κ1) is 13.9. The Bertz CT molecular complexity index is 795. The van der Waals surface area contributed by atoms with Crippen molar-refractivity contribution in [1.82, 2.24) is 9.88 Å². The van der Waals surface area contributed by atoms with E-state index in [1.807, 2.05) is 18.4 Å². The lowest BCUT2D eigenvalue weighted by Gasteiger charge is -2.26. The largest absolute Gasteiger partial charge is 0.358 e. The molecule has 23 heavy (non-hydrogen) atoms. The first-order chi connectivity index (χ1) is 11.3. The number of hydrogen-bond acceptors (Lipinski definition) is 3. The molecule has 1 N–H and O–H groups in total. The van der Waals surface area contributed by atoms with Crippen LogP contribution in [-0.2, 0) is 16.0 Å². The van der Waals surface area contributed by atoms with E-state index in [1.54, 1.807) is 0 Å². The standard InChI is InChI=1S/C18H17N3O2/c22-10-14-4-5-16-17(15(14)9-19-11-23)20-8-13-3-1-2-12-6-7-21(16)18(12)13/h3-8,10-11,14-15H,1-2,9H2,(H,19,23). The van der Waals surface area contributed by atoms with Crippen LogP contribution in [0, 0.1) is 11.8 Å². The van der Waals surface area contributed by atoms with Gasteiger partial charge in [0.05, 0.1) is 17.1 Å². The molecule has 2 heterocycles. The van der Waals surface area contributed by atoms with E-state index in [0.29, 0.717) is 13.0 Å². The van der Waals surface area contributed by atoms with Crippen LogP contribution in [-0.4, -0.2) is 30.0 Å². The molecule has 0 saturated heterocycles. The summed E-state index contributed by atoms with van der Waals surface area (Å²) in [7, 11) is 0. The molecule has 116 valence electrons. The molecule has 1 aromatic heterocycles. The van der Waals surface area contributed by atoms with Crippen molar-refractivity contribution in [2.45, 2.75) is 12.8 Å². The number of allylic oxidation sites excluding steroid dienone is 5. The number of carbonyl (C=O) groups excluding carboxylic acids is 2. The summed E-state index contributed by atoms with van der Waals surface area (Å²) in [6.45, 7) is 0.399. The maximum Gasteiger partial charge on any atom is 0.207 e. The summed E-state index contributed by atoms with van der Waals surface area (Å²) in [5, 5.41) is 2.70. The van der Waals surface area contributed by atoms with Gasteiger partial charge in [-0.3, -0.25) is 9.79 Å². The summed E-state index contributed by atoms with van der Waals surface area (Å²) < 4.78 is 2.16. The fourth-order valence-electron chi connectivity index (χ4n) is 3.64. The zero-order valence-electron chi connectivity index (χ0n) is 12.6. The number of aliphatic imine (C=N–C) groups is 1. The third-order valence-corrected chi connectivity index (χ3v) is 4.76. The highest BCUT2D eigenvalue weighted by Crippen LogP contribution is 2.38. The Morgan fingerprint density at radius 2 is 2.30 bits per heavy atom. The SMILES string of the molecule is O=CNCC1C2=C(C=CC1C=O)n1ccc3c1C(=CCC3)C=N2. The van der Waals surface area contributed by atoms with Gasteiger partial charge in [0.25, 0.3) is 0 Å². The minimum atomic E-state index is -0.271. The molecule has 5 nitrogen and oxygen atoms in total. The quantitative estimate of drug-likeness (QED) is 0.862. The van der Waals surface area contributed by atoms with Crippen LogP contribution in [0.25, 0.3) is 11.3 Å². The average Bonchev–Trinajstić information content (AvgIpc) is 2.94. The average molecular weight is 307 g/mol. The Labute approximate surface area is 134 Å². The molecule has 4 rings (SSSR count). The lowest BCUT2D eigenvalue weighted by molar-refractivity contribution is -0.112. The maximum absolute atomic E-state index is 11.4. The van der Waals surface area contributed by atoms with Crippen LogP contribution >= 0.6 is 0 Å². The van der Waals surface area contributed by atoms with Crippen molar-refractivity contribution in [1.29, 1.82) is 0 Å². The van der Waals surface area contributed by atoms with E-state index in [1.165, 1.54) is 11.3 Å². The minimum Gasteiger partial charge on any atom is -0.358 e. The molecule has 0 radical (unpaired) electrons. The maximum atomic E-state index is 11.4. The van der Waals surface area contributed by atoms with Crippen LogP contribution in [0.1, 0.15) is 17.7 Å². The second-order valence-electron chi connectivity index (χ2n) is 5.99. The van der Waals surface area contributed by atoms with Crippen LogP contribution in [0.15, 0.2) is 41.2 Å². The van der Waals surface area contributed by atoms with E-state index >= 15 is 0 Å².